The lowest BCUT2D eigenvalue weighted by molar-refractivity contribution is 0.0956. The molecule has 0 radical (unpaired) electrons. The topological polar surface area (TPSA) is 67.2 Å². The van der Waals surface area contributed by atoms with E-state index in [1.54, 1.807) is 12.1 Å². The van der Waals surface area contributed by atoms with Crippen LogP contribution in [-0.4, -0.2) is 18.5 Å². The van der Waals surface area contributed by atoms with E-state index in [-0.39, 0.29) is 5.91 Å². The highest BCUT2D eigenvalue weighted by Gasteiger charge is 2.22. The van der Waals surface area contributed by atoms with Gasteiger partial charge in [0.15, 0.2) is 0 Å². The van der Waals surface area contributed by atoms with E-state index in [4.69, 9.17) is 5.73 Å². The van der Waals surface area contributed by atoms with Crippen LogP contribution < -0.4 is 16.4 Å². The third-order valence-corrected chi connectivity index (χ3v) is 4.12. The maximum absolute atomic E-state index is 12.1. The number of nitrogen functional groups attached to an aromatic ring is 1. The average Bonchev–Trinajstić information content (AvgIpc) is 2.93. The van der Waals surface area contributed by atoms with Crippen molar-refractivity contribution in [2.24, 2.45) is 5.92 Å². The first-order chi connectivity index (χ1) is 9.61. The summed E-state index contributed by atoms with van der Waals surface area (Å²) in [6, 6.07) is 5.79. The van der Waals surface area contributed by atoms with Gasteiger partial charge in [-0.1, -0.05) is 12.8 Å². The zero-order chi connectivity index (χ0) is 14.5. The molecule has 1 saturated carbocycles. The number of nitrogens with one attached hydrogen (secondary N) is 2. The van der Waals surface area contributed by atoms with E-state index in [9.17, 15) is 4.79 Å². The van der Waals surface area contributed by atoms with E-state index in [0.717, 1.165) is 5.69 Å². The van der Waals surface area contributed by atoms with Crippen molar-refractivity contribution in [3.8, 4) is 0 Å². The Morgan fingerprint density at radius 2 is 2.10 bits per heavy atom. The second-order valence-corrected chi connectivity index (χ2v) is 5.64. The minimum absolute atomic E-state index is 0.0476. The zero-order valence-electron chi connectivity index (χ0n) is 12.4. The molecule has 0 saturated heterocycles. The average molecular weight is 275 g/mol. The molecule has 4 N–H and O–H groups in total. The first-order valence-corrected chi connectivity index (χ1v) is 7.56. The lowest BCUT2D eigenvalue weighted by Gasteiger charge is -2.23. The summed E-state index contributed by atoms with van der Waals surface area (Å²) in [5.74, 6) is 0.645. The first-order valence-electron chi connectivity index (χ1n) is 7.56. The van der Waals surface area contributed by atoms with Crippen molar-refractivity contribution in [3.63, 3.8) is 0 Å². The summed E-state index contributed by atoms with van der Waals surface area (Å²) < 4.78 is 0. The molecule has 0 bridgehead atoms. The van der Waals surface area contributed by atoms with Crippen LogP contribution in [-0.2, 0) is 0 Å². The molecule has 0 spiro atoms. The molecule has 0 heterocycles. The molecular formula is C16H25N3O. The van der Waals surface area contributed by atoms with Crippen LogP contribution in [0.2, 0.25) is 0 Å². The molecule has 1 unspecified atom stereocenters. The molecule has 1 amide bonds. The Morgan fingerprint density at radius 3 is 2.75 bits per heavy atom. The molecule has 1 aromatic carbocycles. The van der Waals surface area contributed by atoms with Gasteiger partial charge < -0.3 is 16.4 Å². The van der Waals surface area contributed by atoms with Gasteiger partial charge in [0.2, 0.25) is 0 Å². The minimum atomic E-state index is -0.0476. The number of hydrogen-bond acceptors (Lipinski definition) is 3. The van der Waals surface area contributed by atoms with Gasteiger partial charge in [0.05, 0.1) is 5.56 Å². The number of hydrogen-bond donors (Lipinski definition) is 3. The van der Waals surface area contributed by atoms with Crippen LogP contribution in [0, 0.1) is 5.92 Å². The van der Waals surface area contributed by atoms with Gasteiger partial charge >= 0.3 is 0 Å². The van der Waals surface area contributed by atoms with Gasteiger partial charge in [0, 0.05) is 24.0 Å². The predicted molar refractivity (Wildman–Crippen MR) is 83.9 cm³/mol. The molecule has 110 valence electrons. The second-order valence-electron chi connectivity index (χ2n) is 5.64. The normalized spacial score (nSPS) is 16.9. The Hall–Kier alpha value is -1.71. The van der Waals surface area contributed by atoms with Crippen molar-refractivity contribution in [1.82, 2.24) is 5.32 Å². The maximum Gasteiger partial charge on any atom is 0.253 e. The standard InChI is InChI=1S/C16H25N3O/c1-3-18-16(20)14-9-8-13(17)10-15(14)19-11(2)12-6-4-5-7-12/h8-12,19H,3-7,17H2,1-2H3,(H,18,20). The third-order valence-electron chi connectivity index (χ3n) is 4.12. The quantitative estimate of drug-likeness (QED) is 0.724. The molecule has 4 heteroatoms. The molecule has 1 fully saturated rings. The van der Waals surface area contributed by atoms with Gasteiger partial charge in [-0.05, 0) is 50.8 Å². The van der Waals surface area contributed by atoms with E-state index in [1.165, 1.54) is 25.7 Å². The van der Waals surface area contributed by atoms with Crippen molar-refractivity contribution in [2.75, 3.05) is 17.6 Å². The highest BCUT2D eigenvalue weighted by atomic mass is 16.1. The van der Waals surface area contributed by atoms with Gasteiger partial charge in [-0.3, -0.25) is 4.79 Å². The van der Waals surface area contributed by atoms with Gasteiger partial charge in [-0.15, -0.1) is 0 Å². The van der Waals surface area contributed by atoms with E-state index in [2.05, 4.69) is 17.6 Å². The Bertz CT molecular complexity index is 467. The molecule has 0 aliphatic heterocycles. The van der Waals surface area contributed by atoms with Gasteiger partial charge in [-0.2, -0.15) is 0 Å². The molecule has 4 nitrogen and oxygen atoms in total. The highest BCUT2D eigenvalue weighted by Crippen LogP contribution is 2.30. The molecule has 1 atom stereocenters. The summed E-state index contributed by atoms with van der Waals surface area (Å²) in [6.45, 7) is 4.74. The van der Waals surface area contributed by atoms with E-state index < -0.39 is 0 Å². The van der Waals surface area contributed by atoms with Gasteiger partial charge in [0.1, 0.15) is 0 Å². The molecule has 2 rings (SSSR count). The monoisotopic (exact) mass is 275 g/mol. The molecule has 20 heavy (non-hydrogen) atoms. The van der Waals surface area contributed by atoms with Crippen molar-refractivity contribution < 1.29 is 4.79 Å². The van der Waals surface area contributed by atoms with Crippen LogP contribution in [0.25, 0.3) is 0 Å². The lowest BCUT2D eigenvalue weighted by atomic mass is 9.99. The lowest BCUT2D eigenvalue weighted by Crippen LogP contribution is -2.28. The molecule has 1 aliphatic rings. The summed E-state index contributed by atoms with van der Waals surface area (Å²) in [5, 5.41) is 6.34. The number of benzene rings is 1. The fourth-order valence-corrected chi connectivity index (χ4v) is 2.96. The molecular weight excluding hydrogens is 250 g/mol. The number of carbonyl (C=O) groups excluding carboxylic acids is 1. The van der Waals surface area contributed by atoms with E-state index in [1.807, 2.05) is 13.0 Å². The summed E-state index contributed by atoms with van der Waals surface area (Å²) in [6.07, 6.45) is 5.17. The Kier molecular flexibility index (Phi) is 4.88. The molecule has 1 aliphatic carbocycles. The number of carbonyl (C=O) groups is 1. The summed E-state index contributed by atoms with van der Waals surface area (Å²) in [5.41, 5.74) is 8.05. The SMILES string of the molecule is CCNC(=O)c1ccc(N)cc1NC(C)C1CCCC1. The van der Waals surface area contributed by atoms with Gasteiger partial charge in [-0.25, -0.2) is 0 Å². The van der Waals surface area contributed by atoms with Crippen LogP contribution in [0.1, 0.15) is 49.9 Å². The van der Waals surface area contributed by atoms with Crippen molar-refractivity contribution in [2.45, 2.75) is 45.6 Å². The highest BCUT2D eigenvalue weighted by molar-refractivity contribution is 6.00. The number of nitrogens with two attached hydrogens (primary N) is 1. The van der Waals surface area contributed by atoms with E-state index >= 15 is 0 Å². The first kappa shape index (κ1) is 14.7. The van der Waals surface area contributed by atoms with Crippen molar-refractivity contribution >= 4 is 17.3 Å². The van der Waals surface area contributed by atoms with Crippen molar-refractivity contribution in [1.29, 1.82) is 0 Å². The number of amides is 1. The number of anilines is 2. The summed E-state index contributed by atoms with van der Waals surface area (Å²) >= 11 is 0. The minimum Gasteiger partial charge on any atom is -0.399 e. The molecule has 1 aromatic rings. The maximum atomic E-state index is 12.1. The fourth-order valence-electron chi connectivity index (χ4n) is 2.96. The fraction of sp³-hybridized carbons (Fsp3) is 0.562. The van der Waals surface area contributed by atoms with Gasteiger partial charge in [0.25, 0.3) is 5.91 Å². The van der Waals surface area contributed by atoms with E-state index in [0.29, 0.717) is 29.8 Å². The second kappa shape index (κ2) is 6.64. The molecule has 0 aromatic heterocycles. The van der Waals surface area contributed by atoms with Crippen LogP contribution in [0.3, 0.4) is 0 Å². The number of rotatable bonds is 5. The Labute approximate surface area is 121 Å². The zero-order valence-corrected chi connectivity index (χ0v) is 12.4. The largest absolute Gasteiger partial charge is 0.399 e. The predicted octanol–water partition coefficient (Wildman–Crippen LogP) is 3.01. The third kappa shape index (κ3) is 3.44. The Balaban J connectivity index is 2.16. The van der Waals surface area contributed by atoms with Crippen LogP contribution in [0.5, 0.6) is 0 Å². The van der Waals surface area contributed by atoms with Crippen LogP contribution in [0.4, 0.5) is 11.4 Å². The van der Waals surface area contributed by atoms with Crippen LogP contribution in [0.15, 0.2) is 18.2 Å². The van der Waals surface area contributed by atoms with Crippen molar-refractivity contribution in [3.05, 3.63) is 23.8 Å². The summed E-state index contributed by atoms with van der Waals surface area (Å²) in [7, 11) is 0. The Morgan fingerprint density at radius 1 is 1.40 bits per heavy atom. The smallest absolute Gasteiger partial charge is 0.253 e. The summed E-state index contributed by atoms with van der Waals surface area (Å²) in [4.78, 5) is 12.1. The van der Waals surface area contributed by atoms with Crippen LogP contribution >= 0.6 is 0 Å².